The molecule has 1 aromatic carbocycles. The van der Waals surface area contributed by atoms with Gasteiger partial charge in [-0.1, -0.05) is 18.2 Å². The van der Waals surface area contributed by atoms with E-state index in [2.05, 4.69) is 42.3 Å². The molecule has 0 spiro atoms. The molecule has 0 radical (unpaired) electrons. The van der Waals surface area contributed by atoms with E-state index in [1.54, 1.807) is 0 Å². The van der Waals surface area contributed by atoms with E-state index in [1.165, 1.54) is 16.7 Å². The number of nitrogens with zero attached hydrogens (tertiary/aromatic N) is 1. The summed E-state index contributed by atoms with van der Waals surface area (Å²) in [4.78, 5) is 2.49. The summed E-state index contributed by atoms with van der Waals surface area (Å²) < 4.78 is 0. The highest BCUT2D eigenvalue weighted by Crippen LogP contribution is 2.28. The van der Waals surface area contributed by atoms with Gasteiger partial charge in [-0.05, 0) is 37.0 Å². The Labute approximate surface area is 122 Å². The molecule has 1 heterocycles. The van der Waals surface area contributed by atoms with Crippen molar-refractivity contribution in [3.05, 3.63) is 34.9 Å². The molecular weight excluding hydrogens is 260 g/mol. The molecule has 0 amide bonds. The van der Waals surface area contributed by atoms with Crippen molar-refractivity contribution >= 4 is 12.4 Å². The molecule has 1 fully saturated rings. The fourth-order valence-corrected chi connectivity index (χ4v) is 2.79. The average molecular weight is 285 g/mol. The molecule has 1 atom stereocenters. The molecular formula is C15H25ClN2O. The fourth-order valence-electron chi connectivity index (χ4n) is 2.79. The molecule has 1 aliphatic rings. The van der Waals surface area contributed by atoms with E-state index in [9.17, 15) is 5.11 Å². The maximum atomic E-state index is 9.35. The predicted octanol–water partition coefficient (Wildman–Crippen LogP) is 2.05. The van der Waals surface area contributed by atoms with Gasteiger partial charge in [0.2, 0.25) is 0 Å². The Balaban J connectivity index is 0.00000180. The van der Waals surface area contributed by atoms with E-state index in [1.807, 2.05) is 0 Å². The van der Waals surface area contributed by atoms with Gasteiger partial charge in [-0.25, -0.2) is 0 Å². The highest BCUT2D eigenvalue weighted by molar-refractivity contribution is 5.85. The first-order chi connectivity index (χ1) is 8.74. The quantitative estimate of drug-likeness (QED) is 0.888. The van der Waals surface area contributed by atoms with Gasteiger partial charge in [0.15, 0.2) is 0 Å². The lowest BCUT2D eigenvalue weighted by molar-refractivity contribution is 0.140. The van der Waals surface area contributed by atoms with Crippen molar-refractivity contribution in [2.24, 2.45) is 0 Å². The summed E-state index contributed by atoms with van der Waals surface area (Å²) in [5.41, 5.74) is 4.09. The number of benzene rings is 1. The summed E-state index contributed by atoms with van der Waals surface area (Å²) in [6.45, 7) is 8.83. The van der Waals surface area contributed by atoms with Gasteiger partial charge in [0, 0.05) is 38.8 Å². The SMILES string of the molecule is Cc1cccc([C@@H](CCO)N2CCNCC2)c1C.Cl. The van der Waals surface area contributed by atoms with Crippen LogP contribution in [0, 0.1) is 13.8 Å². The molecule has 3 nitrogen and oxygen atoms in total. The van der Waals surface area contributed by atoms with Crippen molar-refractivity contribution in [1.29, 1.82) is 0 Å². The Morgan fingerprint density at radius 2 is 1.95 bits per heavy atom. The molecule has 0 unspecified atom stereocenters. The van der Waals surface area contributed by atoms with Crippen LogP contribution in [0.15, 0.2) is 18.2 Å². The first kappa shape index (κ1) is 16.4. The zero-order valence-electron chi connectivity index (χ0n) is 11.9. The topological polar surface area (TPSA) is 35.5 Å². The summed E-state index contributed by atoms with van der Waals surface area (Å²) in [6, 6.07) is 6.86. The largest absolute Gasteiger partial charge is 0.396 e. The minimum Gasteiger partial charge on any atom is -0.396 e. The van der Waals surface area contributed by atoms with Gasteiger partial charge in [-0.15, -0.1) is 12.4 Å². The van der Waals surface area contributed by atoms with Crippen LogP contribution in [0.3, 0.4) is 0 Å². The van der Waals surface area contributed by atoms with Crippen LogP contribution in [0.1, 0.15) is 29.2 Å². The maximum absolute atomic E-state index is 9.35. The maximum Gasteiger partial charge on any atom is 0.0449 e. The second kappa shape index (κ2) is 7.85. The normalized spacial score (nSPS) is 17.8. The van der Waals surface area contributed by atoms with Crippen LogP contribution in [0.25, 0.3) is 0 Å². The summed E-state index contributed by atoms with van der Waals surface area (Å²) in [5, 5.41) is 12.7. The Hall–Kier alpha value is -0.610. The lowest BCUT2D eigenvalue weighted by atomic mass is 9.94. The van der Waals surface area contributed by atoms with Crippen LogP contribution >= 0.6 is 12.4 Å². The van der Waals surface area contributed by atoms with Crippen molar-refractivity contribution < 1.29 is 5.11 Å². The molecule has 108 valence electrons. The number of aliphatic hydroxyl groups excluding tert-OH is 1. The van der Waals surface area contributed by atoms with Crippen LogP contribution in [0.5, 0.6) is 0 Å². The second-order valence-electron chi connectivity index (χ2n) is 5.10. The zero-order valence-corrected chi connectivity index (χ0v) is 12.7. The highest BCUT2D eigenvalue weighted by Gasteiger charge is 2.23. The van der Waals surface area contributed by atoms with E-state index >= 15 is 0 Å². The number of piperazine rings is 1. The van der Waals surface area contributed by atoms with Crippen molar-refractivity contribution in [2.75, 3.05) is 32.8 Å². The third-order valence-corrected chi connectivity index (χ3v) is 4.00. The van der Waals surface area contributed by atoms with Gasteiger partial charge in [0.25, 0.3) is 0 Å². The first-order valence-electron chi connectivity index (χ1n) is 6.85. The van der Waals surface area contributed by atoms with Crippen LogP contribution in [0.4, 0.5) is 0 Å². The zero-order chi connectivity index (χ0) is 13.0. The summed E-state index contributed by atoms with van der Waals surface area (Å²) in [7, 11) is 0. The lowest BCUT2D eigenvalue weighted by Crippen LogP contribution is -2.45. The smallest absolute Gasteiger partial charge is 0.0449 e. The van der Waals surface area contributed by atoms with Gasteiger partial charge in [-0.3, -0.25) is 4.90 Å². The average Bonchev–Trinajstić information content (AvgIpc) is 2.41. The highest BCUT2D eigenvalue weighted by atomic mass is 35.5. The van der Waals surface area contributed by atoms with E-state index in [0.717, 1.165) is 32.6 Å². The molecule has 0 aromatic heterocycles. The van der Waals surface area contributed by atoms with E-state index in [0.29, 0.717) is 6.04 Å². The van der Waals surface area contributed by atoms with E-state index in [-0.39, 0.29) is 19.0 Å². The molecule has 19 heavy (non-hydrogen) atoms. The fraction of sp³-hybridized carbons (Fsp3) is 0.600. The van der Waals surface area contributed by atoms with Crippen LogP contribution in [0.2, 0.25) is 0 Å². The van der Waals surface area contributed by atoms with Crippen molar-refractivity contribution in [3.63, 3.8) is 0 Å². The third kappa shape index (κ3) is 3.93. The number of aryl methyl sites for hydroxylation is 1. The summed E-state index contributed by atoms with van der Waals surface area (Å²) in [6.07, 6.45) is 0.824. The molecule has 0 bridgehead atoms. The predicted molar refractivity (Wildman–Crippen MR) is 82.1 cm³/mol. The lowest BCUT2D eigenvalue weighted by Gasteiger charge is -2.36. The van der Waals surface area contributed by atoms with Crippen molar-refractivity contribution in [2.45, 2.75) is 26.3 Å². The Morgan fingerprint density at radius 1 is 1.26 bits per heavy atom. The molecule has 1 aliphatic heterocycles. The number of halogens is 1. The third-order valence-electron chi connectivity index (χ3n) is 4.00. The number of hydrogen-bond donors (Lipinski definition) is 2. The van der Waals surface area contributed by atoms with Gasteiger partial charge in [-0.2, -0.15) is 0 Å². The molecule has 1 saturated heterocycles. The number of nitrogens with one attached hydrogen (secondary N) is 1. The standard InChI is InChI=1S/C15H24N2O.ClH/c1-12-4-3-5-14(13(12)2)15(6-11-18)17-9-7-16-8-10-17;/h3-5,15-16,18H,6-11H2,1-2H3;1H/t15-;/m1./s1. The van der Waals surface area contributed by atoms with E-state index in [4.69, 9.17) is 0 Å². The summed E-state index contributed by atoms with van der Waals surface area (Å²) >= 11 is 0. The molecule has 2 N–H and O–H groups in total. The van der Waals surface area contributed by atoms with Crippen LogP contribution < -0.4 is 5.32 Å². The molecule has 0 aliphatic carbocycles. The van der Waals surface area contributed by atoms with Gasteiger partial charge >= 0.3 is 0 Å². The van der Waals surface area contributed by atoms with Gasteiger partial charge < -0.3 is 10.4 Å². The monoisotopic (exact) mass is 284 g/mol. The van der Waals surface area contributed by atoms with Crippen molar-refractivity contribution in [3.8, 4) is 0 Å². The van der Waals surface area contributed by atoms with Crippen LogP contribution in [-0.2, 0) is 0 Å². The molecule has 4 heteroatoms. The number of aliphatic hydroxyl groups is 1. The number of rotatable bonds is 4. The van der Waals surface area contributed by atoms with Gasteiger partial charge in [0.05, 0.1) is 0 Å². The Bertz CT molecular complexity index is 392. The first-order valence-corrected chi connectivity index (χ1v) is 6.85. The molecule has 1 aromatic rings. The Kier molecular flexibility index (Phi) is 6.80. The van der Waals surface area contributed by atoms with E-state index < -0.39 is 0 Å². The Morgan fingerprint density at radius 3 is 2.58 bits per heavy atom. The number of hydrogen-bond acceptors (Lipinski definition) is 3. The second-order valence-corrected chi connectivity index (χ2v) is 5.10. The van der Waals surface area contributed by atoms with Crippen molar-refractivity contribution in [1.82, 2.24) is 10.2 Å². The summed E-state index contributed by atoms with van der Waals surface area (Å²) in [5.74, 6) is 0. The minimum absolute atomic E-state index is 0. The van der Waals surface area contributed by atoms with Gasteiger partial charge in [0.1, 0.15) is 0 Å². The minimum atomic E-state index is 0. The molecule has 2 rings (SSSR count). The van der Waals surface area contributed by atoms with Crippen LogP contribution in [-0.4, -0.2) is 42.8 Å². The molecule has 0 saturated carbocycles.